The average Bonchev–Trinajstić information content (AvgIpc) is 3.03. The van der Waals surface area contributed by atoms with E-state index in [9.17, 15) is 0 Å². The van der Waals surface area contributed by atoms with Gasteiger partial charge < -0.3 is 5.32 Å². The molecule has 96 valence electrons. The van der Waals surface area contributed by atoms with Gasteiger partial charge in [-0.2, -0.15) is 0 Å². The zero-order valence-electron chi connectivity index (χ0n) is 10.6. The van der Waals surface area contributed by atoms with E-state index in [-0.39, 0.29) is 0 Å². The van der Waals surface area contributed by atoms with Crippen LogP contribution in [0.5, 0.6) is 0 Å². The molecule has 0 saturated carbocycles. The minimum absolute atomic E-state index is 0.383. The first-order valence-corrected chi connectivity index (χ1v) is 7.28. The Kier molecular flexibility index (Phi) is 2.35. The van der Waals surface area contributed by atoms with Crippen LogP contribution in [0.4, 0.5) is 5.13 Å². The van der Waals surface area contributed by atoms with E-state index in [0.717, 1.165) is 28.6 Å². The van der Waals surface area contributed by atoms with Gasteiger partial charge in [-0.15, -0.1) is 5.10 Å². The fraction of sp³-hybridized carbons (Fsp3) is 0.286. The number of hydrogen-bond donors (Lipinski definition) is 1. The smallest absolute Gasteiger partial charge is 0.214 e. The lowest BCUT2D eigenvalue weighted by Gasteiger charge is -2.12. The van der Waals surface area contributed by atoms with Crippen LogP contribution in [0.25, 0.3) is 4.96 Å². The second-order valence-corrected chi connectivity index (χ2v) is 5.91. The normalized spacial score (nSPS) is 17.8. The number of aryl methyl sites for hydroxylation is 2. The molecule has 4 nitrogen and oxygen atoms in total. The summed E-state index contributed by atoms with van der Waals surface area (Å²) in [6.45, 7) is 1.99. The Morgan fingerprint density at radius 1 is 1.37 bits per heavy atom. The maximum absolute atomic E-state index is 4.53. The van der Waals surface area contributed by atoms with Crippen molar-refractivity contribution in [2.75, 3.05) is 5.32 Å². The van der Waals surface area contributed by atoms with Crippen LogP contribution in [-0.2, 0) is 6.42 Å². The molecule has 0 unspecified atom stereocenters. The molecule has 0 fully saturated rings. The summed E-state index contributed by atoms with van der Waals surface area (Å²) in [6.07, 6.45) is 4.25. The van der Waals surface area contributed by atoms with Crippen LogP contribution in [-0.4, -0.2) is 14.6 Å². The van der Waals surface area contributed by atoms with Gasteiger partial charge in [0.2, 0.25) is 10.1 Å². The molecule has 0 bridgehead atoms. The minimum Gasteiger partial charge on any atom is -0.353 e. The van der Waals surface area contributed by atoms with E-state index in [1.165, 1.54) is 11.1 Å². The third-order valence-electron chi connectivity index (χ3n) is 3.59. The highest BCUT2D eigenvalue weighted by molar-refractivity contribution is 7.20. The van der Waals surface area contributed by atoms with Crippen molar-refractivity contribution in [1.29, 1.82) is 0 Å². The molecule has 0 amide bonds. The van der Waals surface area contributed by atoms with Crippen molar-refractivity contribution in [3.05, 3.63) is 47.3 Å². The lowest BCUT2D eigenvalue weighted by Crippen LogP contribution is -2.06. The summed E-state index contributed by atoms with van der Waals surface area (Å²) >= 11 is 1.61. The number of rotatable bonds is 2. The Morgan fingerprint density at radius 2 is 2.26 bits per heavy atom. The number of benzene rings is 1. The molecular formula is C14H14N4S. The average molecular weight is 270 g/mol. The molecule has 1 aromatic carbocycles. The van der Waals surface area contributed by atoms with Crippen LogP contribution >= 0.6 is 11.3 Å². The fourth-order valence-corrected chi connectivity index (χ4v) is 3.60. The van der Waals surface area contributed by atoms with Crippen LogP contribution in [0.1, 0.15) is 29.3 Å². The molecule has 1 N–H and O–H groups in total. The number of anilines is 1. The predicted octanol–water partition coefficient (Wildman–Crippen LogP) is 3.20. The topological polar surface area (TPSA) is 42.2 Å². The minimum atomic E-state index is 0.383. The van der Waals surface area contributed by atoms with Crippen molar-refractivity contribution >= 4 is 21.4 Å². The Morgan fingerprint density at radius 3 is 3.16 bits per heavy atom. The van der Waals surface area contributed by atoms with Gasteiger partial charge in [0.05, 0.1) is 17.9 Å². The third kappa shape index (κ3) is 1.81. The third-order valence-corrected chi connectivity index (χ3v) is 4.45. The summed E-state index contributed by atoms with van der Waals surface area (Å²) < 4.78 is 1.85. The Bertz CT molecular complexity index is 711. The largest absolute Gasteiger partial charge is 0.353 e. The highest BCUT2D eigenvalue weighted by Crippen LogP contribution is 2.34. The van der Waals surface area contributed by atoms with E-state index in [4.69, 9.17) is 0 Å². The van der Waals surface area contributed by atoms with Crippen LogP contribution in [0.15, 0.2) is 30.5 Å². The molecule has 2 heterocycles. The summed E-state index contributed by atoms with van der Waals surface area (Å²) in [4.78, 5) is 5.38. The molecule has 3 aromatic rings. The maximum Gasteiger partial charge on any atom is 0.214 e. The molecule has 0 radical (unpaired) electrons. The van der Waals surface area contributed by atoms with E-state index < -0.39 is 0 Å². The number of imidazole rings is 1. The molecule has 19 heavy (non-hydrogen) atoms. The van der Waals surface area contributed by atoms with Crippen LogP contribution in [0, 0.1) is 6.92 Å². The summed E-state index contributed by atoms with van der Waals surface area (Å²) in [6, 6.07) is 9.03. The van der Waals surface area contributed by atoms with Gasteiger partial charge in [-0.3, -0.25) is 0 Å². The van der Waals surface area contributed by atoms with Crippen LogP contribution in [0.3, 0.4) is 0 Å². The molecule has 1 aliphatic carbocycles. The van der Waals surface area contributed by atoms with Gasteiger partial charge in [0.1, 0.15) is 0 Å². The first-order valence-electron chi connectivity index (χ1n) is 6.47. The Labute approximate surface area is 115 Å². The quantitative estimate of drug-likeness (QED) is 0.777. The molecular weight excluding hydrogens is 256 g/mol. The summed E-state index contributed by atoms with van der Waals surface area (Å²) in [5.41, 5.74) is 3.88. The van der Waals surface area contributed by atoms with Gasteiger partial charge in [0.15, 0.2) is 0 Å². The maximum atomic E-state index is 4.53. The SMILES string of the molecule is Cc1cn2nc(N[C@@H]3CCc4ccccc43)sc2n1. The molecule has 1 aliphatic rings. The van der Waals surface area contributed by atoms with Gasteiger partial charge in [0, 0.05) is 0 Å². The number of aromatic nitrogens is 3. The lowest BCUT2D eigenvalue weighted by molar-refractivity contribution is 0.756. The summed E-state index contributed by atoms with van der Waals surface area (Å²) in [5.74, 6) is 0. The van der Waals surface area contributed by atoms with Crippen LogP contribution in [0.2, 0.25) is 0 Å². The van der Waals surface area contributed by atoms with Gasteiger partial charge >= 0.3 is 0 Å². The highest BCUT2D eigenvalue weighted by Gasteiger charge is 2.22. The number of fused-ring (bicyclic) bond motifs is 2. The zero-order valence-corrected chi connectivity index (χ0v) is 11.4. The van der Waals surface area contributed by atoms with Gasteiger partial charge in [-0.05, 0) is 30.9 Å². The number of nitrogens with zero attached hydrogens (tertiary/aromatic N) is 3. The van der Waals surface area contributed by atoms with E-state index >= 15 is 0 Å². The number of hydrogen-bond acceptors (Lipinski definition) is 4. The monoisotopic (exact) mass is 270 g/mol. The van der Waals surface area contributed by atoms with E-state index in [0.29, 0.717) is 6.04 Å². The molecule has 2 aromatic heterocycles. The molecule has 0 saturated heterocycles. The number of nitrogens with one attached hydrogen (secondary N) is 1. The molecule has 0 spiro atoms. The van der Waals surface area contributed by atoms with Crippen molar-refractivity contribution in [2.45, 2.75) is 25.8 Å². The summed E-state index contributed by atoms with van der Waals surface area (Å²) in [7, 11) is 0. The predicted molar refractivity (Wildman–Crippen MR) is 76.7 cm³/mol. The van der Waals surface area contributed by atoms with Crippen molar-refractivity contribution in [1.82, 2.24) is 14.6 Å². The molecule has 0 aliphatic heterocycles. The van der Waals surface area contributed by atoms with Crippen molar-refractivity contribution in [3.63, 3.8) is 0 Å². The van der Waals surface area contributed by atoms with Crippen molar-refractivity contribution < 1.29 is 0 Å². The highest BCUT2D eigenvalue weighted by atomic mass is 32.1. The van der Waals surface area contributed by atoms with Crippen molar-refractivity contribution in [3.8, 4) is 0 Å². The van der Waals surface area contributed by atoms with E-state index in [2.05, 4.69) is 39.7 Å². The second-order valence-electron chi connectivity index (χ2n) is 4.95. The lowest BCUT2D eigenvalue weighted by atomic mass is 10.1. The van der Waals surface area contributed by atoms with Gasteiger partial charge in [-0.25, -0.2) is 9.50 Å². The zero-order chi connectivity index (χ0) is 12.8. The van der Waals surface area contributed by atoms with Gasteiger partial charge in [-0.1, -0.05) is 35.6 Å². The molecule has 1 atom stereocenters. The second kappa shape index (κ2) is 4.06. The van der Waals surface area contributed by atoms with E-state index in [1.54, 1.807) is 11.3 Å². The Hall–Kier alpha value is -1.88. The standard InChI is InChI=1S/C14H14N4S/c1-9-8-18-14(15-9)19-13(17-18)16-12-7-6-10-4-2-3-5-11(10)12/h2-5,8,12H,6-7H2,1H3,(H,16,17)/t12-/m1/s1. The van der Waals surface area contributed by atoms with Crippen LogP contribution < -0.4 is 5.32 Å². The first kappa shape index (κ1) is 11.0. The van der Waals surface area contributed by atoms with E-state index in [1.807, 2.05) is 17.6 Å². The molecule has 4 rings (SSSR count). The van der Waals surface area contributed by atoms with Gasteiger partial charge in [0.25, 0.3) is 0 Å². The first-order chi connectivity index (χ1) is 9.29. The summed E-state index contributed by atoms with van der Waals surface area (Å²) in [5, 5.41) is 9.02. The molecule has 5 heteroatoms. The van der Waals surface area contributed by atoms with Crippen molar-refractivity contribution in [2.24, 2.45) is 0 Å². The Balaban J connectivity index is 1.63. The fourth-order valence-electron chi connectivity index (χ4n) is 2.72.